The van der Waals surface area contributed by atoms with Crippen LogP contribution in [0.4, 0.5) is 5.82 Å². The molecule has 1 amide bonds. The summed E-state index contributed by atoms with van der Waals surface area (Å²) in [6.45, 7) is 1.87. The van der Waals surface area contributed by atoms with Crippen LogP contribution in [0.3, 0.4) is 0 Å². The first-order chi connectivity index (χ1) is 10.7. The maximum Gasteiger partial charge on any atom is 0.242 e. The van der Waals surface area contributed by atoms with Crippen LogP contribution in [0.2, 0.25) is 0 Å². The molecule has 1 atom stereocenters. The quantitative estimate of drug-likeness (QED) is 0.911. The largest absolute Gasteiger partial charge is 0.358 e. The first-order valence-corrected chi connectivity index (χ1v) is 8.00. The average molecular weight is 298 g/mol. The predicted octanol–water partition coefficient (Wildman–Crippen LogP) is 2.88. The molecule has 0 radical (unpaired) electrons. The average Bonchev–Trinajstić information content (AvgIpc) is 2.56. The second-order valence-electron chi connectivity index (χ2n) is 5.95. The van der Waals surface area contributed by atoms with Crippen LogP contribution in [0.5, 0.6) is 0 Å². The third-order valence-electron chi connectivity index (χ3n) is 4.24. The highest BCUT2D eigenvalue weighted by atomic mass is 16.2. The lowest BCUT2D eigenvalue weighted by Gasteiger charge is -2.25. The molecule has 1 heterocycles. The molecule has 116 valence electrons. The van der Waals surface area contributed by atoms with Crippen molar-refractivity contribution in [3.8, 4) is 0 Å². The van der Waals surface area contributed by atoms with Gasteiger partial charge in [0.15, 0.2) is 0 Å². The fourth-order valence-corrected chi connectivity index (χ4v) is 2.96. The molecule has 3 rings (SSSR count). The van der Waals surface area contributed by atoms with E-state index in [0.717, 1.165) is 23.7 Å². The van der Waals surface area contributed by atoms with Crippen LogP contribution in [0.15, 0.2) is 30.6 Å². The number of hydrogen-bond donors (Lipinski definition) is 2. The Bertz CT molecular complexity index is 647. The van der Waals surface area contributed by atoms with Crippen molar-refractivity contribution in [3.63, 3.8) is 0 Å². The molecular weight excluding hydrogens is 276 g/mol. The molecule has 22 heavy (non-hydrogen) atoms. The molecule has 0 aliphatic heterocycles. The van der Waals surface area contributed by atoms with Gasteiger partial charge in [0.1, 0.15) is 18.2 Å². The van der Waals surface area contributed by atoms with Gasteiger partial charge in [0.25, 0.3) is 0 Å². The summed E-state index contributed by atoms with van der Waals surface area (Å²) in [7, 11) is 0. The summed E-state index contributed by atoms with van der Waals surface area (Å²) in [6.07, 6.45) is 7.42. The van der Waals surface area contributed by atoms with E-state index in [-0.39, 0.29) is 11.9 Å². The summed E-state index contributed by atoms with van der Waals surface area (Å²) < 4.78 is 0. The van der Waals surface area contributed by atoms with Gasteiger partial charge in [-0.3, -0.25) is 4.79 Å². The lowest BCUT2D eigenvalue weighted by Crippen LogP contribution is -2.44. The van der Waals surface area contributed by atoms with Crippen LogP contribution in [0, 0.1) is 0 Å². The van der Waals surface area contributed by atoms with E-state index >= 15 is 0 Å². The zero-order chi connectivity index (χ0) is 15.4. The van der Waals surface area contributed by atoms with E-state index in [9.17, 15) is 4.79 Å². The summed E-state index contributed by atoms with van der Waals surface area (Å²) in [5.41, 5.74) is 0.875. The van der Waals surface area contributed by atoms with Crippen LogP contribution in [-0.2, 0) is 4.79 Å². The number of anilines is 1. The second kappa shape index (κ2) is 6.73. The summed E-state index contributed by atoms with van der Waals surface area (Å²) in [4.78, 5) is 20.8. The number of hydrogen-bond acceptors (Lipinski definition) is 4. The van der Waals surface area contributed by atoms with E-state index in [0.29, 0.717) is 11.9 Å². The summed E-state index contributed by atoms with van der Waals surface area (Å²) in [6, 6.07) is 7.80. The number of nitrogens with one attached hydrogen (secondary N) is 2. The zero-order valence-corrected chi connectivity index (χ0v) is 12.9. The highest BCUT2D eigenvalue weighted by molar-refractivity contribution is 5.91. The van der Waals surface area contributed by atoms with E-state index in [2.05, 4.69) is 20.6 Å². The number of nitrogens with zero attached hydrogens (tertiary/aromatic N) is 2. The van der Waals surface area contributed by atoms with Crippen molar-refractivity contribution in [1.82, 2.24) is 15.3 Å². The van der Waals surface area contributed by atoms with E-state index in [1.54, 1.807) is 0 Å². The standard InChI is InChI=1S/C17H22N4O/c1-12(17(22)21-13-7-3-2-4-8-13)20-16-14-9-5-6-10-15(14)18-11-19-16/h5-6,9-13H,2-4,7-8H2,1H3,(H,21,22)(H,18,19,20). The number of carbonyl (C=O) groups excluding carboxylic acids is 1. The van der Waals surface area contributed by atoms with Gasteiger partial charge in [0, 0.05) is 11.4 Å². The summed E-state index contributed by atoms with van der Waals surface area (Å²) in [5.74, 6) is 0.742. The van der Waals surface area contributed by atoms with E-state index in [1.165, 1.54) is 25.6 Å². The van der Waals surface area contributed by atoms with E-state index in [1.807, 2.05) is 31.2 Å². The Balaban J connectivity index is 1.67. The molecule has 1 fully saturated rings. The lowest BCUT2D eigenvalue weighted by atomic mass is 9.95. The molecule has 0 saturated heterocycles. The van der Waals surface area contributed by atoms with Gasteiger partial charge in [-0.25, -0.2) is 9.97 Å². The van der Waals surface area contributed by atoms with Gasteiger partial charge in [0.05, 0.1) is 5.52 Å². The SMILES string of the molecule is CC(Nc1ncnc2ccccc12)C(=O)NC1CCCCC1. The number of benzene rings is 1. The normalized spacial score (nSPS) is 17.1. The zero-order valence-electron chi connectivity index (χ0n) is 12.9. The molecule has 5 nitrogen and oxygen atoms in total. The van der Waals surface area contributed by atoms with Gasteiger partial charge in [-0.15, -0.1) is 0 Å². The van der Waals surface area contributed by atoms with Crippen molar-refractivity contribution in [2.75, 3.05) is 5.32 Å². The van der Waals surface area contributed by atoms with Crippen molar-refractivity contribution < 1.29 is 4.79 Å². The van der Waals surface area contributed by atoms with Gasteiger partial charge in [-0.1, -0.05) is 31.4 Å². The second-order valence-corrected chi connectivity index (χ2v) is 5.95. The number of carbonyl (C=O) groups is 1. The number of rotatable bonds is 4. The summed E-state index contributed by atoms with van der Waals surface area (Å²) >= 11 is 0. The molecule has 1 aromatic heterocycles. The Labute approximate surface area is 130 Å². The number of aromatic nitrogens is 2. The minimum absolute atomic E-state index is 0.0367. The summed E-state index contributed by atoms with van der Waals surface area (Å²) in [5, 5.41) is 7.29. The van der Waals surface area contributed by atoms with Crippen molar-refractivity contribution in [1.29, 1.82) is 0 Å². The molecule has 1 aromatic carbocycles. The Morgan fingerprint density at radius 1 is 1.18 bits per heavy atom. The van der Waals surface area contributed by atoms with Gasteiger partial charge in [0.2, 0.25) is 5.91 Å². The number of fused-ring (bicyclic) bond motifs is 1. The van der Waals surface area contributed by atoms with Crippen LogP contribution in [0.25, 0.3) is 10.9 Å². The van der Waals surface area contributed by atoms with Crippen molar-refractivity contribution in [2.45, 2.75) is 51.1 Å². The topological polar surface area (TPSA) is 66.9 Å². The smallest absolute Gasteiger partial charge is 0.242 e. The molecule has 0 bridgehead atoms. The highest BCUT2D eigenvalue weighted by Crippen LogP contribution is 2.20. The van der Waals surface area contributed by atoms with Gasteiger partial charge < -0.3 is 10.6 Å². The lowest BCUT2D eigenvalue weighted by molar-refractivity contribution is -0.122. The Morgan fingerprint density at radius 3 is 2.77 bits per heavy atom. The van der Waals surface area contributed by atoms with E-state index < -0.39 is 0 Å². The third-order valence-corrected chi connectivity index (χ3v) is 4.24. The van der Waals surface area contributed by atoms with Gasteiger partial charge in [-0.2, -0.15) is 0 Å². The molecule has 2 aromatic rings. The number of amides is 1. The Hall–Kier alpha value is -2.17. The predicted molar refractivity (Wildman–Crippen MR) is 87.6 cm³/mol. The maximum absolute atomic E-state index is 12.3. The van der Waals surface area contributed by atoms with Crippen molar-refractivity contribution in [3.05, 3.63) is 30.6 Å². The minimum Gasteiger partial charge on any atom is -0.358 e. The van der Waals surface area contributed by atoms with Crippen LogP contribution >= 0.6 is 0 Å². The first-order valence-electron chi connectivity index (χ1n) is 8.00. The van der Waals surface area contributed by atoms with Crippen LogP contribution < -0.4 is 10.6 Å². The molecule has 1 aliphatic carbocycles. The van der Waals surface area contributed by atoms with Crippen molar-refractivity contribution >= 4 is 22.6 Å². The highest BCUT2D eigenvalue weighted by Gasteiger charge is 2.20. The fourth-order valence-electron chi connectivity index (χ4n) is 2.96. The molecule has 1 unspecified atom stereocenters. The third kappa shape index (κ3) is 3.35. The van der Waals surface area contributed by atoms with Gasteiger partial charge >= 0.3 is 0 Å². The molecule has 2 N–H and O–H groups in total. The monoisotopic (exact) mass is 298 g/mol. The molecule has 0 spiro atoms. The first kappa shape index (κ1) is 14.8. The number of para-hydroxylation sites is 1. The van der Waals surface area contributed by atoms with E-state index in [4.69, 9.17) is 0 Å². The molecule has 5 heteroatoms. The molecule has 1 aliphatic rings. The maximum atomic E-state index is 12.3. The fraction of sp³-hybridized carbons (Fsp3) is 0.471. The molecular formula is C17H22N4O. The van der Waals surface area contributed by atoms with Crippen LogP contribution in [-0.4, -0.2) is 28.0 Å². The molecule has 1 saturated carbocycles. The van der Waals surface area contributed by atoms with Crippen molar-refractivity contribution in [2.24, 2.45) is 0 Å². The Morgan fingerprint density at radius 2 is 1.95 bits per heavy atom. The minimum atomic E-state index is -0.319. The Kier molecular flexibility index (Phi) is 4.51. The van der Waals surface area contributed by atoms with Crippen LogP contribution in [0.1, 0.15) is 39.0 Å². The van der Waals surface area contributed by atoms with Gasteiger partial charge in [-0.05, 0) is 31.9 Å².